The molecule has 1 aliphatic heterocycles. The monoisotopic (exact) mass is 301 g/mol. The lowest BCUT2D eigenvalue weighted by atomic mass is 10.0. The van der Waals surface area contributed by atoms with Crippen LogP contribution in [0.5, 0.6) is 0 Å². The second-order valence-corrected chi connectivity index (χ2v) is 5.45. The molecule has 1 aromatic rings. The number of nitrogens with zero attached hydrogens (tertiary/aromatic N) is 2. The minimum absolute atomic E-state index is 0.103. The van der Waals surface area contributed by atoms with Gasteiger partial charge in [0.25, 0.3) is 5.69 Å². The molecular formula is C13H17ClFN3O2. The molecule has 0 aliphatic carbocycles. The first-order valence-electron chi connectivity index (χ1n) is 6.57. The van der Waals surface area contributed by atoms with Crippen LogP contribution in [0.4, 0.5) is 15.8 Å². The average Bonchev–Trinajstić information content (AvgIpc) is 2.42. The molecule has 0 radical (unpaired) electrons. The molecule has 0 amide bonds. The number of nitrogens with one attached hydrogen (secondary N) is 1. The van der Waals surface area contributed by atoms with Gasteiger partial charge in [0.05, 0.1) is 16.0 Å². The average molecular weight is 302 g/mol. The van der Waals surface area contributed by atoms with E-state index in [1.807, 2.05) is 0 Å². The van der Waals surface area contributed by atoms with Crippen molar-refractivity contribution >= 4 is 23.0 Å². The maximum atomic E-state index is 13.4. The summed E-state index contributed by atoms with van der Waals surface area (Å²) >= 11 is 5.74. The van der Waals surface area contributed by atoms with Gasteiger partial charge in [-0.15, -0.1) is 0 Å². The molecule has 1 aliphatic rings. The summed E-state index contributed by atoms with van der Waals surface area (Å²) in [6.07, 6.45) is 3.34. The van der Waals surface area contributed by atoms with Gasteiger partial charge in [-0.2, -0.15) is 0 Å². The number of halogens is 2. The van der Waals surface area contributed by atoms with Gasteiger partial charge in [-0.25, -0.2) is 4.39 Å². The molecule has 1 N–H and O–H groups in total. The standard InChI is InChI=1S/C13H17ClFN3O2/c1-17(8-9-4-2-3-5-16-9)12-6-10(14)11(15)7-13(12)18(19)20/h6-7,9,16H,2-5,8H2,1H3. The van der Waals surface area contributed by atoms with Gasteiger partial charge in [0.2, 0.25) is 0 Å². The number of benzene rings is 1. The highest BCUT2D eigenvalue weighted by atomic mass is 35.5. The highest BCUT2D eigenvalue weighted by Gasteiger charge is 2.23. The van der Waals surface area contributed by atoms with Gasteiger partial charge < -0.3 is 10.2 Å². The minimum atomic E-state index is -0.772. The molecule has 0 bridgehead atoms. The fraction of sp³-hybridized carbons (Fsp3) is 0.538. The van der Waals surface area contributed by atoms with Crippen LogP contribution in [0.15, 0.2) is 12.1 Å². The quantitative estimate of drug-likeness (QED) is 0.686. The Kier molecular flexibility index (Phi) is 4.77. The Labute approximate surface area is 121 Å². The van der Waals surface area contributed by atoms with Crippen molar-refractivity contribution in [2.45, 2.75) is 25.3 Å². The molecule has 2 rings (SSSR count). The third kappa shape index (κ3) is 3.37. The van der Waals surface area contributed by atoms with Crippen LogP contribution in [0.3, 0.4) is 0 Å². The molecule has 1 atom stereocenters. The first-order chi connectivity index (χ1) is 9.49. The summed E-state index contributed by atoms with van der Waals surface area (Å²) in [5, 5.41) is 14.3. The summed E-state index contributed by atoms with van der Waals surface area (Å²) < 4.78 is 13.4. The number of hydrogen-bond donors (Lipinski definition) is 1. The van der Waals surface area contributed by atoms with E-state index in [1.54, 1.807) is 11.9 Å². The topological polar surface area (TPSA) is 58.4 Å². The number of hydrogen-bond acceptors (Lipinski definition) is 4. The molecule has 0 aromatic heterocycles. The predicted octanol–water partition coefficient (Wildman–Crippen LogP) is 2.97. The van der Waals surface area contributed by atoms with Crippen molar-refractivity contribution in [3.63, 3.8) is 0 Å². The van der Waals surface area contributed by atoms with E-state index in [9.17, 15) is 14.5 Å². The molecular weight excluding hydrogens is 285 g/mol. The van der Waals surface area contributed by atoms with Gasteiger partial charge in [0, 0.05) is 19.6 Å². The number of nitro groups is 1. The Morgan fingerprint density at radius 2 is 2.30 bits per heavy atom. The molecule has 20 heavy (non-hydrogen) atoms. The Bertz CT molecular complexity index is 507. The van der Waals surface area contributed by atoms with Crippen LogP contribution in [0.25, 0.3) is 0 Å². The van der Waals surface area contributed by atoms with Crippen molar-refractivity contribution in [1.82, 2.24) is 5.32 Å². The summed E-state index contributed by atoms with van der Waals surface area (Å²) in [5.41, 5.74) is 0.0824. The van der Waals surface area contributed by atoms with Gasteiger partial charge in [0.15, 0.2) is 0 Å². The first kappa shape index (κ1) is 15.0. The number of rotatable bonds is 4. The van der Waals surface area contributed by atoms with E-state index < -0.39 is 10.7 Å². The van der Waals surface area contributed by atoms with Crippen LogP contribution in [0.2, 0.25) is 5.02 Å². The zero-order chi connectivity index (χ0) is 14.7. The Morgan fingerprint density at radius 1 is 1.55 bits per heavy atom. The number of anilines is 1. The molecule has 0 spiro atoms. The van der Waals surface area contributed by atoms with E-state index in [4.69, 9.17) is 11.6 Å². The van der Waals surface area contributed by atoms with E-state index in [1.165, 1.54) is 6.07 Å². The van der Waals surface area contributed by atoms with E-state index in [-0.39, 0.29) is 16.8 Å². The summed E-state index contributed by atoms with van der Waals surface area (Å²) in [5.74, 6) is -0.772. The third-order valence-electron chi connectivity index (χ3n) is 3.53. The van der Waals surface area contributed by atoms with Crippen molar-refractivity contribution < 1.29 is 9.31 Å². The largest absolute Gasteiger partial charge is 0.367 e. The van der Waals surface area contributed by atoms with Gasteiger partial charge >= 0.3 is 0 Å². The molecule has 1 aromatic carbocycles. The van der Waals surface area contributed by atoms with Crippen molar-refractivity contribution in [3.8, 4) is 0 Å². The van der Waals surface area contributed by atoms with Crippen LogP contribution in [0, 0.1) is 15.9 Å². The maximum absolute atomic E-state index is 13.4. The van der Waals surface area contributed by atoms with Crippen LogP contribution < -0.4 is 10.2 Å². The zero-order valence-corrected chi connectivity index (χ0v) is 12.0. The van der Waals surface area contributed by atoms with E-state index in [0.717, 1.165) is 31.9 Å². The minimum Gasteiger partial charge on any atom is -0.367 e. The fourth-order valence-electron chi connectivity index (χ4n) is 2.49. The molecule has 7 heteroatoms. The SMILES string of the molecule is CN(CC1CCCCN1)c1cc(Cl)c(F)cc1[N+](=O)[O-]. The lowest BCUT2D eigenvalue weighted by Gasteiger charge is -2.29. The highest BCUT2D eigenvalue weighted by Crippen LogP contribution is 2.32. The van der Waals surface area contributed by atoms with Crippen molar-refractivity contribution in [2.24, 2.45) is 0 Å². The molecule has 1 saturated heterocycles. The lowest BCUT2D eigenvalue weighted by molar-refractivity contribution is -0.384. The second-order valence-electron chi connectivity index (χ2n) is 5.04. The van der Waals surface area contributed by atoms with Crippen molar-refractivity contribution in [2.75, 3.05) is 25.0 Å². The summed E-state index contributed by atoms with van der Waals surface area (Å²) in [6, 6.07) is 2.48. The Morgan fingerprint density at radius 3 is 2.90 bits per heavy atom. The number of nitro benzene ring substituents is 1. The summed E-state index contributed by atoms with van der Waals surface area (Å²) in [4.78, 5) is 12.2. The molecule has 0 saturated carbocycles. The lowest BCUT2D eigenvalue weighted by Crippen LogP contribution is -2.42. The van der Waals surface area contributed by atoms with Crippen LogP contribution in [-0.2, 0) is 0 Å². The van der Waals surface area contributed by atoms with Gasteiger partial charge in [-0.1, -0.05) is 18.0 Å². The van der Waals surface area contributed by atoms with E-state index in [2.05, 4.69) is 5.32 Å². The Balaban J connectivity index is 2.21. The maximum Gasteiger partial charge on any atom is 0.295 e. The van der Waals surface area contributed by atoms with Crippen LogP contribution in [-0.4, -0.2) is 31.1 Å². The molecule has 5 nitrogen and oxygen atoms in total. The van der Waals surface area contributed by atoms with Crippen molar-refractivity contribution in [3.05, 3.63) is 33.1 Å². The fourth-order valence-corrected chi connectivity index (χ4v) is 2.64. The molecule has 110 valence electrons. The predicted molar refractivity (Wildman–Crippen MR) is 77.0 cm³/mol. The Hall–Kier alpha value is -1.40. The first-order valence-corrected chi connectivity index (χ1v) is 6.95. The summed E-state index contributed by atoms with van der Waals surface area (Å²) in [6.45, 7) is 1.59. The van der Waals surface area contributed by atoms with E-state index in [0.29, 0.717) is 12.2 Å². The van der Waals surface area contributed by atoms with Crippen LogP contribution in [0.1, 0.15) is 19.3 Å². The third-order valence-corrected chi connectivity index (χ3v) is 3.82. The summed E-state index contributed by atoms with van der Waals surface area (Å²) in [7, 11) is 1.76. The van der Waals surface area contributed by atoms with Crippen molar-refractivity contribution in [1.29, 1.82) is 0 Å². The molecule has 1 heterocycles. The van der Waals surface area contributed by atoms with Gasteiger partial charge in [0.1, 0.15) is 11.5 Å². The van der Waals surface area contributed by atoms with E-state index >= 15 is 0 Å². The highest BCUT2D eigenvalue weighted by molar-refractivity contribution is 6.31. The van der Waals surface area contributed by atoms with Gasteiger partial charge in [-0.05, 0) is 25.5 Å². The molecule has 1 unspecified atom stereocenters. The number of piperidine rings is 1. The molecule has 1 fully saturated rings. The smallest absolute Gasteiger partial charge is 0.295 e. The zero-order valence-electron chi connectivity index (χ0n) is 11.2. The number of likely N-dealkylation sites (N-methyl/N-ethyl adjacent to an activating group) is 1. The second kappa shape index (κ2) is 6.37. The van der Waals surface area contributed by atoms with Gasteiger partial charge in [-0.3, -0.25) is 10.1 Å². The van der Waals surface area contributed by atoms with Crippen LogP contribution >= 0.6 is 11.6 Å². The normalized spacial score (nSPS) is 18.9.